The molecule has 0 aromatic carbocycles. The fourth-order valence-corrected chi connectivity index (χ4v) is 3.66. The Morgan fingerprint density at radius 1 is 1.58 bits per heavy atom. The van der Waals surface area contributed by atoms with Crippen LogP contribution in [0.15, 0.2) is 21.8 Å². The number of anilines is 1. The molecule has 0 aliphatic heterocycles. The summed E-state index contributed by atoms with van der Waals surface area (Å²) in [4.78, 5) is 16.8. The van der Waals surface area contributed by atoms with Gasteiger partial charge in [-0.1, -0.05) is 18.7 Å². The van der Waals surface area contributed by atoms with Crippen molar-refractivity contribution in [2.45, 2.75) is 51.1 Å². The number of hydrogen-bond acceptors (Lipinski definition) is 6. The Morgan fingerprint density at radius 2 is 2.38 bits per heavy atom. The van der Waals surface area contributed by atoms with Gasteiger partial charge in [0.2, 0.25) is 11.2 Å². The van der Waals surface area contributed by atoms with Crippen molar-refractivity contribution in [3.05, 3.63) is 29.1 Å². The van der Waals surface area contributed by atoms with Crippen molar-refractivity contribution in [3.8, 4) is 6.07 Å². The number of rotatable bonds is 5. The summed E-state index contributed by atoms with van der Waals surface area (Å²) in [5, 5.41) is 16.5. The molecule has 2 aromatic heterocycles. The highest BCUT2D eigenvalue weighted by molar-refractivity contribution is 8.00. The van der Waals surface area contributed by atoms with E-state index in [0.29, 0.717) is 22.4 Å². The van der Waals surface area contributed by atoms with E-state index in [9.17, 15) is 10.1 Å². The van der Waals surface area contributed by atoms with Gasteiger partial charge < -0.3 is 0 Å². The molecular formula is C18H22N5O2S+. The van der Waals surface area contributed by atoms with Gasteiger partial charge in [-0.25, -0.2) is 4.98 Å². The number of pyridine rings is 1. The second-order valence-electron chi connectivity index (χ2n) is 6.88. The Labute approximate surface area is 156 Å². The highest BCUT2D eigenvalue weighted by Crippen LogP contribution is 2.29. The lowest BCUT2D eigenvalue weighted by Crippen LogP contribution is -2.36. The van der Waals surface area contributed by atoms with Crippen LogP contribution < -0.4 is 10.00 Å². The number of hydrogen-bond donors (Lipinski definition) is 1. The fraction of sp³-hybridized carbons (Fsp3) is 0.500. The molecule has 0 bridgehead atoms. The molecule has 1 N–H and O–H groups in total. The van der Waals surface area contributed by atoms with Gasteiger partial charge in [-0.05, 0) is 55.3 Å². The largest absolute Gasteiger partial charge is 0.302 e. The number of carbonyl (C=O) groups excluding carboxylic acids is 1. The topological polar surface area (TPSA) is 95.7 Å². The molecule has 136 valence electrons. The molecule has 3 rings (SSSR count). The molecule has 1 unspecified atom stereocenters. The van der Waals surface area contributed by atoms with Gasteiger partial charge in [0.1, 0.15) is 11.1 Å². The van der Waals surface area contributed by atoms with Gasteiger partial charge in [0, 0.05) is 5.69 Å². The molecule has 2 aromatic rings. The fourth-order valence-electron chi connectivity index (χ4n) is 2.88. The van der Waals surface area contributed by atoms with Crippen LogP contribution in [0.5, 0.6) is 0 Å². The predicted molar refractivity (Wildman–Crippen MR) is 96.6 cm³/mol. The predicted octanol–water partition coefficient (Wildman–Crippen LogP) is 2.67. The first kappa shape index (κ1) is 18.4. The van der Waals surface area contributed by atoms with Gasteiger partial charge in [0.05, 0.1) is 11.3 Å². The van der Waals surface area contributed by atoms with E-state index in [1.807, 2.05) is 19.9 Å². The first-order valence-electron chi connectivity index (χ1n) is 8.70. The Kier molecular flexibility index (Phi) is 5.57. The standard InChI is InChI=1S/C18H21N5O2S/c1-11(2)23-9-17(25-22-23)21-16(24)10-26-18-14(8-19)7-13-6-12(3)4-5-15(13)20-18/h7,9,11-12H,4-6,10H2,1-3H3/p+1. The van der Waals surface area contributed by atoms with E-state index in [4.69, 9.17) is 4.52 Å². The van der Waals surface area contributed by atoms with Crippen LogP contribution in [0.4, 0.5) is 5.88 Å². The number of nitriles is 1. The van der Waals surface area contributed by atoms with E-state index in [1.54, 1.807) is 10.9 Å². The second-order valence-corrected chi connectivity index (χ2v) is 7.85. The summed E-state index contributed by atoms with van der Waals surface area (Å²) in [5.74, 6) is 0.853. The van der Waals surface area contributed by atoms with Crippen LogP contribution in [0.3, 0.4) is 0 Å². The average Bonchev–Trinajstić information content (AvgIpc) is 3.07. The van der Waals surface area contributed by atoms with Crippen molar-refractivity contribution in [2.75, 3.05) is 11.1 Å². The number of thioether (sulfide) groups is 1. The number of aryl methyl sites for hydroxylation is 1. The number of fused-ring (bicyclic) bond motifs is 1. The number of carbonyl (C=O) groups is 1. The molecule has 0 spiro atoms. The monoisotopic (exact) mass is 372 g/mol. The van der Waals surface area contributed by atoms with Gasteiger partial charge in [0.15, 0.2) is 6.04 Å². The van der Waals surface area contributed by atoms with Crippen molar-refractivity contribution < 1.29 is 14.0 Å². The van der Waals surface area contributed by atoms with Crippen LogP contribution in [-0.2, 0) is 17.6 Å². The van der Waals surface area contributed by atoms with Gasteiger partial charge >= 0.3 is 5.88 Å². The van der Waals surface area contributed by atoms with Crippen LogP contribution in [0, 0.1) is 17.2 Å². The Balaban J connectivity index is 1.65. The average molecular weight is 372 g/mol. The van der Waals surface area contributed by atoms with E-state index in [1.165, 1.54) is 11.8 Å². The van der Waals surface area contributed by atoms with Gasteiger partial charge in [-0.2, -0.15) is 5.26 Å². The van der Waals surface area contributed by atoms with Crippen molar-refractivity contribution in [3.63, 3.8) is 0 Å². The Hall–Kier alpha value is -2.40. The van der Waals surface area contributed by atoms with E-state index in [-0.39, 0.29) is 17.7 Å². The zero-order chi connectivity index (χ0) is 18.7. The summed E-state index contributed by atoms with van der Waals surface area (Å²) < 4.78 is 6.71. The van der Waals surface area contributed by atoms with Crippen LogP contribution in [0.1, 0.15) is 50.1 Å². The van der Waals surface area contributed by atoms with E-state index in [2.05, 4.69) is 28.6 Å². The summed E-state index contributed by atoms with van der Waals surface area (Å²) in [7, 11) is 0. The molecule has 0 fully saturated rings. The molecule has 0 radical (unpaired) electrons. The van der Waals surface area contributed by atoms with E-state index >= 15 is 0 Å². The molecule has 0 saturated heterocycles. The molecule has 1 aliphatic carbocycles. The first-order chi connectivity index (χ1) is 12.5. The van der Waals surface area contributed by atoms with Crippen molar-refractivity contribution in [2.24, 2.45) is 5.92 Å². The molecule has 26 heavy (non-hydrogen) atoms. The summed E-state index contributed by atoms with van der Waals surface area (Å²) in [5.41, 5.74) is 2.75. The maximum atomic E-state index is 12.2. The zero-order valence-electron chi connectivity index (χ0n) is 15.2. The van der Waals surface area contributed by atoms with E-state index in [0.717, 1.165) is 30.5 Å². The van der Waals surface area contributed by atoms with Crippen LogP contribution in [-0.4, -0.2) is 21.9 Å². The molecular weight excluding hydrogens is 350 g/mol. The third kappa shape index (κ3) is 4.22. The van der Waals surface area contributed by atoms with E-state index < -0.39 is 0 Å². The minimum atomic E-state index is -0.223. The number of nitrogens with zero attached hydrogens (tertiary/aromatic N) is 4. The number of amides is 1. The van der Waals surface area contributed by atoms with Gasteiger partial charge in [-0.15, -0.1) is 0 Å². The summed E-state index contributed by atoms with van der Waals surface area (Å²) >= 11 is 1.27. The van der Waals surface area contributed by atoms with Crippen molar-refractivity contribution in [1.29, 1.82) is 5.26 Å². The molecule has 1 amide bonds. The smallest absolute Gasteiger partial charge is 0.288 e. The molecule has 1 aliphatic rings. The number of aromatic nitrogens is 3. The normalized spacial score (nSPS) is 16.2. The summed E-state index contributed by atoms with van der Waals surface area (Å²) in [6.07, 6.45) is 4.64. The van der Waals surface area contributed by atoms with Crippen LogP contribution in [0.25, 0.3) is 0 Å². The highest BCUT2D eigenvalue weighted by atomic mass is 32.2. The lowest BCUT2D eigenvalue weighted by atomic mass is 9.87. The summed E-state index contributed by atoms with van der Waals surface area (Å²) in [6, 6.07) is 4.29. The van der Waals surface area contributed by atoms with Crippen LogP contribution >= 0.6 is 11.8 Å². The first-order valence-corrected chi connectivity index (χ1v) is 9.68. The maximum Gasteiger partial charge on any atom is 0.302 e. The maximum absolute atomic E-state index is 12.2. The van der Waals surface area contributed by atoms with Crippen LogP contribution in [0.2, 0.25) is 0 Å². The highest BCUT2D eigenvalue weighted by Gasteiger charge is 2.21. The quantitative estimate of drug-likeness (QED) is 0.640. The minimum absolute atomic E-state index is 0.152. The summed E-state index contributed by atoms with van der Waals surface area (Å²) in [6.45, 7) is 6.15. The SMILES string of the molecule is CC1CCc2nc(SCC(=O)Nc3c[n+](C(C)C)no3)c(C#N)cc2C1. The van der Waals surface area contributed by atoms with Gasteiger partial charge in [-0.3, -0.25) is 14.6 Å². The second kappa shape index (κ2) is 7.87. The molecule has 8 heteroatoms. The Bertz CT molecular complexity index is 856. The minimum Gasteiger partial charge on any atom is -0.288 e. The molecule has 0 saturated carbocycles. The molecule has 2 heterocycles. The third-order valence-corrected chi connectivity index (χ3v) is 5.32. The molecule has 7 nitrogen and oxygen atoms in total. The lowest BCUT2D eigenvalue weighted by Gasteiger charge is -2.21. The zero-order valence-corrected chi connectivity index (χ0v) is 16.0. The number of nitrogens with one attached hydrogen (secondary N) is 1. The molecule has 1 atom stereocenters. The lowest BCUT2D eigenvalue weighted by molar-refractivity contribution is -0.779. The Morgan fingerprint density at radius 3 is 3.08 bits per heavy atom. The van der Waals surface area contributed by atoms with Gasteiger partial charge in [0.25, 0.3) is 6.20 Å². The third-order valence-electron chi connectivity index (χ3n) is 4.33. The van der Waals surface area contributed by atoms with Crippen molar-refractivity contribution >= 4 is 23.6 Å². The van der Waals surface area contributed by atoms with Crippen molar-refractivity contribution in [1.82, 2.24) is 10.3 Å².